The average molecular weight is 548 g/mol. The van der Waals surface area contributed by atoms with Crippen LogP contribution in [0, 0.1) is 11.3 Å². The quantitative estimate of drug-likeness (QED) is 0.371. The molecule has 3 heterocycles. The van der Waals surface area contributed by atoms with Crippen LogP contribution in [0.3, 0.4) is 0 Å². The van der Waals surface area contributed by atoms with Gasteiger partial charge in [-0.15, -0.1) is 0 Å². The number of hydrogen-bond donors (Lipinski definition) is 1. The van der Waals surface area contributed by atoms with Crippen LogP contribution in [0.1, 0.15) is 36.0 Å². The van der Waals surface area contributed by atoms with E-state index in [-0.39, 0.29) is 17.4 Å². The Balaban J connectivity index is 1.33. The highest BCUT2D eigenvalue weighted by Crippen LogP contribution is 2.53. The van der Waals surface area contributed by atoms with E-state index in [4.69, 9.17) is 15.5 Å². The lowest BCUT2D eigenvalue weighted by atomic mass is 9.57. The maximum Gasteiger partial charge on any atom is 0.254 e. The lowest BCUT2D eigenvalue weighted by molar-refractivity contribution is -0.117. The Kier molecular flexibility index (Phi) is 4.86. The van der Waals surface area contributed by atoms with Crippen LogP contribution in [0.15, 0.2) is 40.9 Å². The van der Waals surface area contributed by atoms with E-state index in [1.807, 2.05) is 24.1 Å². The van der Waals surface area contributed by atoms with Crippen molar-refractivity contribution in [3.63, 3.8) is 0 Å². The molecule has 3 fully saturated rings. The Morgan fingerprint density at radius 2 is 2.06 bits per heavy atom. The van der Waals surface area contributed by atoms with Crippen LogP contribution in [-0.2, 0) is 13.6 Å². The van der Waals surface area contributed by atoms with Crippen molar-refractivity contribution in [3.05, 3.63) is 46.4 Å². The molecule has 2 N–H and O–H groups in total. The predicted octanol–water partition coefficient (Wildman–Crippen LogP) is 4.94. The number of hydrogen-bond acceptors (Lipinski definition) is 4. The van der Waals surface area contributed by atoms with Gasteiger partial charge in [-0.25, -0.2) is 4.98 Å². The molecule has 7 rings (SSSR count). The van der Waals surface area contributed by atoms with Gasteiger partial charge in [0.1, 0.15) is 11.3 Å². The number of nitrogens with two attached hydrogens (primary N) is 1. The molecule has 2 aromatic heterocycles. The van der Waals surface area contributed by atoms with Crippen molar-refractivity contribution < 1.29 is 9.53 Å². The molecule has 0 bridgehead atoms. The van der Waals surface area contributed by atoms with Crippen LogP contribution in [0.2, 0.25) is 0 Å². The van der Waals surface area contributed by atoms with Crippen molar-refractivity contribution >= 4 is 43.8 Å². The SMILES string of the molecule is COc1cc(C(=O)N2C[C@@]3(CN)CCC23)cc2nc(-c3cc4ccc(Br)cc4n3CC3CC3)n(C)c12. The molecule has 1 unspecified atom stereocenters. The van der Waals surface area contributed by atoms with E-state index in [1.165, 1.54) is 23.7 Å². The standard InChI is InChI=1S/C28H30BrN5O2/c1-32-25-20(9-18(11-23(25)36-2)27(35)34-15-28(14-30)8-7-24(28)34)31-26(32)22-10-17-5-6-19(29)12-21(17)33(22)13-16-3-4-16/h5-6,9-12,16,24H,3-4,7-8,13-15,30H2,1-2H3/t24?,28-/m0/s1. The normalized spacial score (nSPS) is 23.0. The molecule has 36 heavy (non-hydrogen) atoms. The summed E-state index contributed by atoms with van der Waals surface area (Å²) in [6.45, 7) is 2.38. The Bertz CT molecular complexity index is 1550. The van der Waals surface area contributed by atoms with Crippen LogP contribution in [0.4, 0.5) is 0 Å². The molecule has 186 valence electrons. The minimum atomic E-state index is 0.0453. The number of carbonyl (C=O) groups excluding carboxylic acids is 1. The van der Waals surface area contributed by atoms with E-state index >= 15 is 0 Å². The Labute approximate surface area is 218 Å². The summed E-state index contributed by atoms with van der Waals surface area (Å²) >= 11 is 3.65. The van der Waals surface area contributed by atoms with Crippen molar-refractivity contribution in [1.29, 1.82) is 0 Å². The number of likely N-dealkylation sites (tertiary alicyclic amines) is 1. The molecule has 2 atom stereocenters. The zero-order valence-electron chi connectivity index (χ0n) is 20.6. The fourth-order valence-electron chi connectivity index (χ4n) is 6.36. The van der Waals surface area contributed by atoms with Crippen molar-refractivity contribution in [2.45, 2.75) is 38.3 Å². The largest absolute Gasteiger partial charge is 0.494 e. The molecule has 1 aliphatic heterocycles. The number of imidazole rings is 1. The maximum absolute atomic E-state index is 13.5. The van der Waals surface area contributed by atoms with Crippen LogP contribution in [0.25, 0.3) is 33.5 Å². The number of aryl methyl sites for hydroxylation is 1. The van der Waals surface area contributed by atoms with Gasteiger partial charge in [-0.1, -0.05) is 22.0 Å². The summed E-state index contributed by atoms with van der Waals surface area (Å²) in [7, 11) is 3.69. The van der Waals surface area contributed by atoms with Crippen LogP contribution in [-0.4, -0.2) is 51.2 Å². The monoisotopic (exact) mass is 547 g/mol. The minimum absolute atomic E-state index is 0.0453. The first-order valence-corrected chi connectivity index (χ1v) is 13.6. The molecule has 1 saturated heterocycles. The molecule has 0 radical (unpaired) electrons. The molecular formula is C28H30BrN5O2. The van der Waals surface area contributed by atoms with E-state index in [9.17, 15) is 4.79 Å². The van der Waals surface area contributed by atoms with Gasteiger partial charge in [-0.3, -0.25) is 4.79 Å². The van der Waals surface area contributed by atoms with Gasteiger partial charge in [-0.05, 0) is 61.9 Å². The van der Waals surface area contributed by atoms with Gasteiger partial charge in [0.2, 0.25) is 0 Å². The summed E-state index contributed by atoms with van der Waals surface area (Å²) < 4.78 is 11.4. The number of amides is 1. The van der Waals surface area contributed by atoms with Crippen LogP contribution >= 0.6 is 15.9 Å². The third-order valence-electron chi connectivity index (χ3n) is 8.79. The van der Waals surface area contributed by atoms with Crippen molar-refractivity contribution in [1.82, 2.24) is 19.0 Å². The van der Waals surface area contributed by atoms with Gasteiger partial charge in [-0.2, -0.15) is 0 Å². The number of aromatic nitrogens is 3. The summed E-state index contributed by atoms with van der Waals surface area (Å²) in [6, 6.07) is 12.7. The van der Waals surface area contributed by atoms with Gasteiger partial charge < -0.3 is 24.5 Å². The second-order valence-electron chi connectivity index (χ2n) is 10.9. The number of methoxy groups -OCH3 is 1. The lowest BCUT2D eigenvalue weighted by Crippen LogP contribution is -2.74. The summed E-state index contributed by atoms with van der Waals surface area (Å²) in [5.41, 5.74) is 10.8. The first kappa shape index (κ1) is 22.4. The van der Waals surface area contributed by atoms with Gasteiger partial charge in [0, 0.05) is 59.1 Å². The Hall–Kier alpha value is -2.84. The van der Waals surface area contributed by atoms with Gasteiger partial charge >= 0.3 is 0 Å². The molecule has 4 aromatic rings. The maximum atomic E-state index is 13.5. The molecule has 2 aromatic carbocycles. The number of fused-ring (bicyclic) bond motifs is 3. The zero-order valence-corrected chi connectivity index (χ0v) is 22.2. The minimum Gasteiger partial charge on any atom is -0.494 e. The smallest absolute Gasteiger partial charge is 0.254 e. The summed E-state index contributed by atoms with van der Waals surface area (Å²) in [5.74, 6) is 2.31. The number of ether oxygens (including phenoxy) is 1. The lowest BCUT2D eigenvalue weighted by Gasteiger charge is -2.64. The third-order valence-corrected chi connectivity index (χ3v) is 9.28. The van der Waals surface area contributed by atoms with E-state index in [0.29, 0.717) is 17.9 Å². The highest BCUT2D eigenvalue weighted by atomic mass is 79.9. The van der Waals surface area contributed by atoms with Crippen molar-refractivity contribution in [3.8, 4) is 17.3 Å². The number of nitrogens with zero attached hydrogens (tertiary/aromatic N) is 4. The molecular weight excluding hydrogens is 518 g/mol. The molecule has 3 aliphatic rings. The Morgan fingerprint density at radius 1 is 1.22 bits per heavy atom. The van der Waals surface area contributed by atoms with Crippen molar-refractivity contribution in [2.24, 2.45) is 24.1 Å². The summed E-state index contributed by atoms with van der Waals surface area (Å²) in [6.07, 6.45) is 4.71. The Morgan fingerprint density at radius 3 is 2.72 bits per heavy atom. The third kappa shape index (κ3) is 3.13. The topological polar surface area (TPSA) is 78.3 Å². The number of halogens is 1. The number of carbonyl (C=O) groups is 1. The fraction of sp³-hybridized carbons (Fsp3) is 0.429. The van der Waals surface area contributed by atoms with Crippen molar-refractivity contribution in [2.75, 3.05) is 20.2 Å². The van der Waals surface area contributed by atoms with Gasteiger partial charge in [0.25, 0.3) is 5.91 Å². The van der Waals surface area contributed by atoms with Crippen LogP contribution in [0.5, 0.6) is 5.75 Å². The van der Waals surface area contributed by atoms with E-state index in [0.717, 1.165) is 58.9 Å². The molecule has 8 heteroatoms. The van der Waals surface area contributed by atoms with Gasteiger partial charge in [0.05, 0.1) is 18.3 Å². The molecule has 2 saturated carbocycles. The summed E-state index contributed by atoms with van der Waals surface area (Å²) in [5, 5.41) is 1.20. The van der Waals surface area contributed by atoms with Gasteiger partial charge in [0.15, 0.2) is 5.82 Å². The number of benzene rings is 2. The second-order valence-corrected chi connectivity index (χ2v) is 11.8. The average Bonchev–Trinajstić information content (AvgIpc) is 3.54. The fourth-order valence-corrected chi connectivity index (χ4v) is 6.71. The molecule has 7 nitrogen and oxygen atoms in total. The van der Waals surface area contributed by atoms with E-state index in [1.54, 1.807) is 7.11 Å². The summed E-state index contributed by atoms with van der Waals surface area (Å²) in [4.78, 5) is 20.5. The number of piperidine rings is 1. The van der Waals surface area contributed by atoms with E-state index in [2.05, 4.69) is 49.3 Å². The first-order chi connectivity index (χ1) is 17.4. The zero-order chi connectivity index (χ0) is 24.8. The first-order valence-electron chi connectivity index (χ1n) is 12.8. The highest BCUT2D eigenvalue weighted by Gasteiger charge is 2.59. The predicted molar refractivity (Wildman–Crippen MR) is 144 cm³/mol. The molecule has 2 aliphatic carbocycles. The van der Waals surface area contributed by atoms with E-state index < -0.39 is 0 Å². The second kappa shape index (κ2) is 7.83. The molecule has 1 amide bonds. The van der Waals surface area contributed by atoms with Crippen LogP contribution < -0.4 is 10.5 Å². The highest BCUT2D eigenvalue weighted by molar-refractivity contribution is 9.10. The number of rotatable bonds is 6. The molecule has 0 spiro atoms.